The van der Waals surface area contributed by atoms with E-state index in [2.05, 4.69) is 41.7 Å². The third-order valence-electron chi connectivity index (χ3n) is 8.73. The molecule has 1 N–H and O–H groups in total. The highest BCUT2D eigenvalue weighted by Crippen LogP contribution is 2.48. The second-order valence-electron chi connectivity index (χ2n) is 10.9. The maximum Gasteiger partial charge on any atom is 0.410 e. The number of nitrogens with zero attached hydrogens (tertiary/aromatic N) is 2. The van der Waals surface area contributed by atoms with Crippen molar-refractivity contribution in [3.63, 3.8) is 0 Å². The Morgan fingerprint density at radius 3 is 2.51 bits per heavy atom. The fourth-order valence-corrected chi connectivity index (χ4v) is 7.69. The van der Waals surface area contributed by atoms with Gasteiger partial charge in [0.1, 0.15) is 0 Å². The summed E-state index contributed by atoms with van der Waals surface area (Å²) >= 11 is 0. The van der Waals surface area contributed by atoms with Crippen LogP contribution in [0.3, 0.4) is 0 Å². The Labute approximate surface area is 211 Å². The molecule has 1 amide bonds. The highest BCUT2D eigenvalue weighted by atomic mass is 32.2. The van der Waals surface area contributed by atoms with E-state index in [0.29, 0.717) is 12.6 Å². The number of carbonyl (C=O) groups excluding carboxylic acids is 1. The van der Waals surface area contributed by atoms with Crippen LogP contribution in [0.15, 0.2) is 24.3 Å². The number of hydrogen-bond donors (Lipinski definition) is 1. The highest BCUT2D eigenvalue weighted by molar-refractivity contribution is 7.88. The van der Waals surface area contributed by atoms with Crippen LogP contribution in [0.1, 0.15) is 89.3 Å². The maximum absolute atomic E-state index is 12.6. The van der Waals surface area contributed by atoms with Crippen LogP contribution in [-0.2, 0) is 20.2 Å². The number of benzene rings is 1. The highest BCUT2D eigenvalue weighted by Gasteiger charge is 2.44. The Morgan fingerprint density at radius 1 is 1.14 bits per heavy atom. The van der Waals surface area contributed by atoms with E-state index in [0.717, 1.165) is 70.0 Å². The predicted octanol–water partition coefficient (Wildman–Crippen LogP) is 4.58. The zero-order valence-corrected chi connectivity index (χ0v) is 22.6. The van der Waals surface area contributed by atoms with Gasteiger partial charge in [0.05, 0.1) is 12.9 Å². The van der Waals surface area contributed by atoms with Gasteiger partial charge in [-0.15, -0.1) is 0 Å². The fourth-order valence-electron chi connectivity index (χ4n) is 6.93. The van der Waals surface area contributed by atoms with Gasteiger partial charge in [0.25, 0.3) is 0 Å². The lowest BCUT2D eigenvalue weighted by molar-refractivity contribution is 0.0637. The summed E-state index contributed by atoms with van der Waals surface area (Å²) in [4.78, 5) is 17.2. The van der Waals surface area contributed by atoms with E-state index in [1.807, 2.05) is 17.9 Å². The van der Waals surface area contributed by atoms with Gasteiger partial charge in [-0.3, -0.25) is 0 Å². The minimum Gasteiger partial charge on any atom is -0.450 e. The van der Waals surface area contributed by atoms with Crippen LogP contribution >= 0.6 is 0 Å². The molecule has 1 aromatic carbocycles. The van der Waals surface area contributed by atoms with Crippen molar-refractivity contribution in [2.24, 2.45) is 0 Å². The van der Waals surface area contributed by atoms with Crippen LogP contribution in [-0.4, -0.2) is 68.4 Å². The zero-order chi connectivity index (χ0) is 25.2. The molecule has 8 heteroatoms. The van der Waals surface area contributed by atoms with Crippen molar-refractivity contribution < 1.29 is 17.9 Å². The molecule has 0 radical (unpaired) electrons. The van der Waals surface area contributed by atoms with Crippen molar-refractivity contribution >= 4 is 16.1 Å². The first-order valence-electron chi connectivity index (χ1n) is 13.4. The van der Waals surface area contributed by atoms with Crippen LogP contribution < -0.4 is 4.72 Å². The Bertz CT molecular complexity index is 990. The molecular weight excluding hydrogens is 462 g/mol. The molecule has 1 aromatic rings. The molecule has 7 nitrogen and oxygen atoms in total. The van der Waals surface area contributed by atoms with E-state index in [4.69, 9.17) is 4.74 Å². The number of piperidine rings is 1. The van der Waals surface area contributed by atoms with Crippen molar-refractivity contribution in [1.82, 2.24) is 14.5 Å². The Hall–Kier alpha value is -1.64. The Kier molecular flexibility index (Phi) is 8.13. The van der Waals surface area contributed by atoms with Gasteiger partial charge in [0, 0.05) is 24.2 Å². The molecule has 3 unspecified atom stereocenters. The molecule has 1 aliphatic carbocycles. The van der Waals surface area contributed by atoms with Gasteiger partial charge in [0.15, 0.2) is 0 Å². The van der Waals surface area contributed by atoms with Gasteiger partial charge in [-0.05, 0) is 94.8 Å². The molecule has 0 saturated carbocycles. The quantitative estimate of drug-likeness (QED) is 0.587. The molecule has 196 valence electrons. The summed E-state index contributed by atoms with van der Waals surface area (Å²) in [6.45, 7) is 8.77. The van der Waals surface area contributed by atoms with Gasteiger partial charge in [0.2, 0.25) is 10.0 Å². The standard InChI is InChI=1S/C27H43N3O4S/c1-5-21(19-22-12-11-20(3)30(22)26(31)34-6-2)29-17-15-27(16-18-29)14-13-25(28-35(4,32)33)23-9-7-8-10-24(23)27/h7-10,20-22,25,28H,5-6,11-19H2,1-4H3/t20?,21?,22?,25-/m0/s1. The molecular formula is C27H43N3O4S. The molecule has 1 spiro atoms. The topological polar surface area (TPSA) is 79.0 Å². The van der Waals surface area contributed by atoms with Crippen molar-refractivity contribution in [1.29, 1.82) is 0 Å². The molecule has 2 heterocycles. The second-order valence-corrected chi connectivity index (χ2v) is 12.6. The summed E-state index contributed by atoms with van der Waals surface area (Å²) in [5, 5.41) is 0. The molecule has 2 aliphatic heterocycles. The summed E-state index contributed by atoms with van der Waals surface area (Å²) in [6, 6.07) is 9.26. The van der Waals surface area contributed by atoms with Gasteiger partial charge < -0.3 is 14.5 Å². The molecule has 4 rings (SSSR count). The molecule has 2 fully saturated rings. The third-order valence-corrected chi connectivity index (χ3v) is 9.44. The van der Waals surface area contributed by atoms with Crippen LogP contribution in [0, 0.1) is 0 Å². The maximum atomic E-state index is 12.6. The average Bonchev–Trinajstić information content (AvgIpc) is 3.19. The van der Waals surface area contributed by atoms with Crippen molar-refractivity contribution in [2.75, 3.05) is 26.0 Å². The van der Waals surface area contributed by atoms with Crippen molar-refractivity contribution in [3.8, 4) is 0 Å². The SMILES string of the molecule is CCOC(=O)N1C(C)CCC1CC(CC)N1CCC2(CC[C@H](NS(C)(=O)=O)c3ccccc32)CC1. The number of rotatable bonds is 7. The predicted molar refractivity (Wildman–Crippen MR) is 139 cm³/mol. The molecule has 4 atom stereocenters. The van der Waals surface area contributed by atoms with Crippen molar-refractivity contribution in [2.45, 2.75) is 102 Å². The zero-order valence-electron chi connectivity index (χ0n) is 21.8. The monoisotopic (exact) mass is 505 g/mol. The number of fused-ring (bicyclic) bond motifs is 2. The fraction of sp³-hybridized carbons (Fsp3) is 0.741. The van der Waals surface area contributed by atoms with Gasteiger partial charge in [-0.1, -0.05) is 31.2 Å². The number of carbonyl (C=O) groups is 1. The molecule has 3 aliphatic rings. The van der Waals surface area contributed by atoms with E-state index in [1.54, 1.807) is 0 Å². The summed E-state index contributed by atoms with van der Waals surface area (Å²) in [5.41, 5.74) is 2.60. The van der Waals surface area contributed by atoms with Gasteiger partial charge in [-0.2, -0.15) is 0 Å². The molecule has 35 heavy (non-hydrogen) atoms. The number of ether oxygens (including phenoxy) is 1. The largest absolute Gasteiger partial charge is 0.450 e. The lowest BCUT2D eigenvalue weighted by Gasteiger charge is -2.49. The van der Waals surface area contributed by atoms with E-state index >= 15 is 0 Å². The van der Waals surface area contributed by atoms with Crippen LogP contribution in [0.4, 0.5) is 4.79 Å². The van der Waals surface area contributed by atoms with Crippen molar-refractivity contribution in [3.05, 3.63) is 35.4 Å². The molecule has 2 saturated heterocycles. The number of nitrogens with one attached hydrogen (secondary N) is 1. The molecule has 0 bridgehead atoms. The molecule has 0 aromatic heterocycles. The van der Waals surface area contributed by atoms with Gasteiger partial charge >= 0.3 is 6.09 Å². The summed E-state index contributed by atoms with van der Waals surface area (Å²) in [7, 11) is -3.26. The number of hydrogen-bond acceptors (Lipinski definition) is 5. The lowest BCUT2D eigenvalue weighted by atomic mass is 9.63. The normalized spacial score (nSPS) is 27.5. The minimum absolute atomic E-state index is 0.125. The number of amides is 1. The number of sulfonamides is 1. The van der Waals surface area contributed by atoms with E-state index in [9.17, 15) is 13.2 Å². The summed E-state index contributed by atoms with van der Waals surface area (Å²) in [6.07, 6.45) is 9.30. The van der Waals surface area contributed by atoms with Gasteiger partial charge in [-0.25, -0.2) is 17.9 Å². The first-order chi connectivity index (χ1) is 16.7. The first kappa shape index (κ1) is 26.4. The van der Waals surface area contributed by atoms with E-state index in [-0.39, 0.29) is 29.6 Å². The minimum atomic E-state index is -3.26. The second kappa shape index (κ2) is 10.8. The van der Waals surface area contributed by atoms with Crippen LogP contribution in [0.2, 0.25) is 0 Å². The van der Waals surface area contributed by atoms with Crippen LogP contribution in [0.5, 0.6) is 0 Å². The third kappa shape index (κ3) is 5.70. The summed E-state index contributed by atoms with van der Waals surface area (Å²) < 4.78 is 32.1. The smallest absolute Gasteiger partial charge is 0.410 e. The Balaban J connectivity index is 1.44. The average molecular weight is 506 g/mol. The Morgan fingerprint density at radius 2 is 1.86 bits per heavy atom. The van der Waals surface area contributed by atoms with E-state index < -0.39 is 10.0 Å². The summed E-state index contributed by atoms with van der Waals surface area (Å²) in [5.74, 6) is 0. The number of likely N-dealkylation sites (tertiary alicyclic amines) is 2. The lowest BCUT2D eigenvalue weighted by Crippen LogP contribution is -2.51. The first-order valence-corrected chi connectivity index (χ1v) is 15.3. The van der Waals surface area contributed by atoms with Crippen LogP contribution in [0.25, 0.3) is 0 Å². The van der Waals surface area contributed by atoms with E-state index in [1.165, 1.54) is 11.8 Å².